The zero-order valence-electron chi connectivity index (χ0n) is 6.14. The summed E-state index contributed by atoms with van der Waals surface area (Å²) in [6, 6.07) is 0.532. The van der Waals surface area contributed by atoms with Gasteiger partial charge in [-0.2, -0.15) is 0 Å². The second-order valence-electron chi connectivity index (χ2n) is 2.72. The molecule has 1 aliphatic carbocycles. The lowest BCUT2D eigenvalue weighted by Gasteiger charge is -2.34. The Hall–Kier alpha value is -0.0500. The van der Waals surface area contributed by atoms with Crippen molar-refractivity contribution in [3.8, 4) is 0 Å². The van der Waals surface area contributed by atoms with Gasteiger partial charge >= 0.3 is 0 Å². The van der Waals surface area contributed by atoms with E-state index in [0.29, 0.717) is 11.4 Å². The van der Waals surface area contributed by atoms with E-state index in [1.54, 1.807) is 0 Å². The summed E-state index contributed by atoms with van der Waals surface area (Å²) >= 11 is 3.15. The zero-order chi connectivity index (χ0) is 7.56. The third-order valence-electron chi connectivity index (χ3n) is 2.13. The first-order chi connectivity index (χ1) is 4.75. The Kier molecular flexibility index (Phi) is 2.72. The molecule has 1 fully saturated rings. The zero-order valence-corrected chi connectivity index (χ0v) is 7.73. The topological polar surface area (TPSA) is 20.3 Å². The largest absolute Gasteiger partial charge is 0.342 e. The highest BCUT2D eigenvalue weighted by molar-refractivity contribution is 9.09. The number of halogens is 1. The Labute approximate surface area is 69.7 Å². The standard InChI is InChI=1S/C7H12BrNO/c1-9(7(10)5-8)6-3-2-4-6/h6H,2-5H2,1H3. The highest BCUT2D eigenvalue weighted by Crippen LogP contribution is 2.23. The van der Waals surface area contributed by atoms with Gasteiger partial charge in [0.05, 0.1) is 5.33 Å². The number of hydrogen-bond donors (Lipinski definition) is 0. The Balaban J connectivity index is 2.31. The Morgan fingerprint density at radius 1 is 1.70 bits per heavy atom. The van der Waals surface area contributed by atoms with Crippen molar-refractivity contribution >= 4 is 21.8 Å². The fourth-order valence-electron chi connectivity index (χ4n) is 1.07. The molecule has 0 aliphatic heterocycles. The fraction of sp³-hybridized carbons (Fsp3) is 0.857. The number of alkyl halides is 1. The third-order valence-corrected chi connectivity index (χ3v) is 2.61. The molecule has 10 heavy (non-hydrogen) atoms. The van der Waals surface area contributed by atoms with Crippen LogP contribution < -0.4 is 0 Å². The second kappa shape index (κ2) is 3.37. The van der Waals surface area contributed by atoms with Crippen LogP contribution in [0.4, 0.5) is 0 Å². The first kappa shape index (κ1) is 8.05. The lowest BCUT2D eigenvalue weighted by molar-refractivity contribution is -0.130. The van der Waals surface area contributed by atoms with E-state index in [1.807, 2.05) is 11.9 Å². The van der Waals surface area contributed by atoms with Crippen LogP contribution in [0.15, 0.2) is 0 Å². The van der Waals surface area contributed by atoms with Crippen molar-refractivity contribution < 1.29 is 4.79 Å². The highest BCUT2D eigenvalue weighted by Gasteiger charge is 2.24. The van der Waals surface area contributed by atoms with Crippen LogP contribution in [0.5, 0.6) is 0 Å². The van der Waals surface area contributed by atoms with Crippen LogP contribution in [-0.4, -0.2) is 29.2 Å². The molecular formula is C7H12BrNO. The maximum atomic E-state index is 11.0. The maximum Gasteiger partial charge on any atom is 0.233 e. The Morgan fingerprint density at radius 3 is 2.60 bits per heavy atom. The molecule has 58 valence electrons. The minimum Gasteiger partial charge on any atom is -0.342 e. The van der Waals surface area contributed by atoms with Crippen molar-refractivity contribution in [1.29, 1.82) is 0 Å². The average molecular weight is 206 g/mol. The number of nitrogens with zero attached hydrogens (tertiary/aromatic N) is 1. The van der Waals surface area contributed by atoms with Gasteiger partial charge in [0.25, 0.3) is 0 Å². The lowest BCUT2D eigenvalue weighted by atomic mass is 9.92. The summed E-state index contributed by atoms with van der Waals surface area (Å²) in [5.41, 5.74) is 0. The van der Waals surface area contributed by atoms with Crippen molar-refractivity contribution in [3.05, 3.63) is 0 Å². The van der Waals surface area contributed by atoms with E-state index < -0.39 is 0 Å². The van der Waals surface area contributed by atoms with Crippen LogP contribution >= 0.6 is 15.9 Å². The first-order valence-electron chi connectivity index (χ1n) is 3.57. The van der Waals surface area contributed by atoms with E-state index in [-0.39, 0.29) is 5.91 Å². The molecule has 1 rings (SSSR count). The van der Waals surface area contributed by atoms with Gasteiger partial charge in [0.2, 0.25) is 5.91 Å². The van der Waals surface area contributed by atoms with Crippen LogP contribution in [0.1, 0.15) is 19.3 Å². The molecule has 2 nitrogen and oxygen atoms in total. The van der Waals surface area contributed by atoms with Gasteiger partial charge in [-0.25, -0.2) is 0 Å². The minimum atomic E-state index is 0.199. The predicted octanol–water partition coefficient (Wildman–Crippen LogP) is 1.39. The summed E-state index contributed by atoms with van der Waals surface area (Å²) in [5, 5.41) is 0.458. The van der Waals surface area contributed by atoms with E-state index in [0.717, 1.165) is 0 Å². The molecule has 1 aliphatic rings. The van der Waals surface area contributed by atoms with Gasteiger partial charge in [0.15, 0.2) is 0 Å². The summed E-state index contributed by atoms with van der Waals surface area (Å²) in [7, 11) is 1.88. The van der Waals surface area contributed by atoms with Crippen LogP contribution in [0.3, 0.4) is 0 Å². The van der Waals surface area contributed by atoms with Crippen molar-refractivity contribution in [1.82, 2.24) is 4.90 Å². The van der Waals surface area contributed by atoms with Gasteiger partial charge in [0.1, 0.15) is 0 Å². The van der Waals surface area contributed by atoms with E-state index in [9.17, 15) is 4.79 Å². The molecule has 3 heteroatoms. The molecule has 0 heterocycles. The van der Waals surface area contributed by atoms with Gasteiger partial charge in [-0.05, 0) is 19.3 Å². The number of carbonyl (C=O) groups excluding carboxylic acids is 1. The molecule has 0 spiro atoms. The Morgan fingerprint density at radius 2 is 2.30 bits per heavy atom. The number of hydrogen-bond acceptors (Lipinski definition) is 1. The van der Waals surface area contributed by atoms with Crippen molar-refractivity contribution in [3.63, 3.8) is 0 Å². The van der Waals surface area contributed by atoms with E-state index in [2.05, 4.69) is 15.9 Å². The predicted molar refractivity (Wildman–Crippen MR) is 44.2 cm³/mol. The summed E-state index contributed by atoms with van der Waals surface area (Å²) in [5.74, 6) is 0.199. The van der Waals surface area contributed by atoms with Crippen LogP contribution in [0.25, 0.3) is 0 Å². The molecule has 0 radical (unpaired) electrons. The summed E-state index contributed by atoms with van der Waals surface area (Å²) in [6.45, 7) is 0. The lowest BCUT2D eigenvalue weighted by Crippen LogP contribution is -2.41. The van der Waals surface area contributed by atoms with Crippen LogP contribution in [0.2, 0.25) is 0 Å². The Bertz CT molecular complexity index is 134. The molecule has 1 amide bonds. The molecule has 0 bridgehead atoms. The van der Waals surface area contributed by atoms with Crippen LogP contribution in [0, 0.1) is 0 Å². The molecule has 0 N–H and O–H groups in total. The third kappa shape index (κ3) is 1.51. The average Bonchev–Trinajstić information content (AvgIpc) is 1.82. The summed E-state index contributed by atoms with van der Waals surface area (Å²) in [6.07, 6.45) is 3.66. The maximum absolute atomic E-state index is 11.0. The molecule has 0 atom stereocenters. The molecule has 0 aromatic heterocycles. The van der Waals surface area contributed by atoms with E-state index in [4.69, 9.17) is 0 Å². The van der Waals surface area contributed by atoms with Crippen molar-refractivity contribution in [2.24, 2.45) is 0 Å². The smallest absolute Gasteiger partial charge is 0.233 e. The van der Waals surface area contributed by atoms with Crippen molar-refractivity contribution in [2.75, 3.05) is 12.4 Å². The van der Waals surface area contributed by atoms with Crippen LogP contribution in [-0.2, 0) is 4.79 Å². The SMILES string of the molecule is CN(C(=O)CBr)C1CCC1. The van der Waals surface area contributed by atoms with Gasteiger partial charge in [0, 0.05) is 13.1 Å². The molecule has 0 saturated heterocycles. The second-order valence-corrected chi connectivity index (χ2v) is 3.28. The summed E-state index contributed by atoms with van der Waals surface area (Å²) < 4.78 is 0. The number of amides is 1. The quantitative estimate of drug-likeness (QED) is 0.625. The van der Waals surface area contributed by atoms with E-state index in [1.165, 1.54) is 19.3 Å². The van der Waals surface area contributed by atoms with Gasteiger partial charge < -0.3 is 4.90 Å². The normalized spacial score (nSPS) is 18.2. The monoisotopic (exact) mass is 205 g/mol. The van der Waals surface area contributed by atoms with Gasteiger partial charge in [-0.3, -0.25) is 4.79 Å². The number of carbonyl (C=O) groups is 1. The van der Waals surface area contributed by atoms with E-state index >= 15 is 0 Å². The number of rotatable bonds is 2. The first-order valence-corrected chi connectivity index (χ1v) is 4.69. The van der Waals surface area contributed by atoms with Crippen molar-refractivity contribution in [2.45, 2.75) is 25.3 Å². The molecule has 1 saturated carbocycles. The highest BCUT2D eigenvalue weighted by atomic mass is 79.9. The molecule has 0 aromatic carbocycles. The molecule has 0 unspecified atom stereocenters. The minimum absolute atomic E-state index is 0.199. The molecular weight excluding hydrogens is 194 g/mol. The fourth-order valence-corrected chi connectivity index (χ4v) is 1.47. The van der Waals surface area contributed by atoms with Gasteiger partial charge in [-0.15, -0.1) is 0 Å². The summed E-state index contributed by atoms with van der Waals surface area (Å²) in [4.78, 5) is 12.9. The molecule has 0 aromatic rings. The van der Waals surface area contributed by atoms with Gasteiger partial charge in [-0.1, -0.05) is 15.9 Å².